The van der Waals surface area contributed by atoms with Crippen molar-refractivity contribution in [2.24, 2.45) is 11.7 Å². The summed E-state index contributed by atoms with van der Waals surface area (Å²) < 4.78 is 0. The second-order valence-corrected chi connectivity index (χ2v) is 5.15. The number of amides is 2. The van der Waals surface area contributed by atoms with Gasteiger partial charge in [-0.3, -0.25) is 9.59 Å². The Balaban J connectivity index is 1.51. The third-order valence-electron chi connectivity index (χ3n) is 3.27. The van der Waals surface area contributed by atoms with Crippen LogP contribution in [0.3, 0.4) is 0 Å². The molecule has 96 valence electrons. The number of rotatable bonds is 7. The van der Waals surface area contributed by atoms with E-state index in [-0.39, 0.29) is 17.9 Å². The van der Waals surface area contributed by atoms with Gasteiger partial charge in [0.1, 0.15) is 0 Å². The van der Waals surface area contributed by atoms with Crippen LogP contribution in [0, 0.1) is 5.92 Å². The monoisotopic (exact) mass is 239 g/mol. The number of nitrogens with two attached hydrogens (primary N) is 1. The molecule has 1 unspecified atom stereocenters. The minimum atomic E-state index is -0.0383. The van der Waals surface area contributed by atoms with E-state index in [9.17, 15) is 9.59 Å². The Morgan fingerprint density at radius 2 is 1.88 bits per heavy atom. The summed E-state index contributed by atoms with van der Waals surface area (Å²) in [5.41, 5.74) is 5.85. The van der Waals surface area contributed by atoms with E-state index in [1.807, 2.05) is 0 Å². The molecule has 0 radical (unpaired) electrons. The van der Waals surface area contributed by atoms with Gasteiger partial charge >= 0.3 is 0 Å². The van der Waals surface area contributed by atoms with E-state index in [1.165, 1.54) is 0 Å². The van der Waals surface area contributed by atoms with Gasteiger partial charge in [0.15, 0.2) is 0 Å². The Kier molecular flexibility index (Phi) is 3.99. The van der Waals surface area contributed by atoms with Crippen molar-refractivity contribution in [1.29, 1.82) is 0 Å². The number of hydrogen-bond donors (Lipinski definition) is 3. The maximum atomic E-state index is 11.5. The summed E-state index contributed by atoms with van der Waals surface area (Å²) in [4.78, 5) is 22.8. The quantitative estimate of drug-likeness (QED) is 0.580. The van der Waals surface area contributed by atoms with Crippen molar-refractivity contribution < 1.29 is 9.59 Å². The molecule has 0 aromatic rings. The fourth-order valence-corrected chi connectivity index (χ4v) is 1.82. The maximum Gasteiger partial charge on any atom is 0.221 e. The molecular weight excluding hydrogens is 218 g/mol. The van der Waals surface area contributed by atoms with E-state index in [2.05, 4.69) is 10.6 Å². The van der Waals surface area contributed by atoms with E-state index in [0.29, 0.717) is 31.3 Å². The molecule has 2 fully saturated rings. The van der Waals surface area contributed by atoms with Crippen LogP contribution in [0.5, 0.6) is 0 Å². The zero-order valence-electron chi connectivity index (χ0n) is 10.1. The van der Waals surface area contributed by atoms with Crippen LogP contribution >= 0.6 is 0 Å². The molecule has 17 heavy (non-hydrogen) atoms. The van der Waals surface area contributed by atoms with Crippen LogP contribution in [0.1, 0.15) is 38.5 Å². The first-order valence-corrected chi connectivity index (χ1v) is 6.47. The van der Waals surface area contributed by atoms with Gasteiger partial charge < -0.3 is 16.4 Å². The Labute approximate surface area is 102 Å². The molecule has 2 amide bonds. The van der Waals surface area contributed by atoms with Crippen LogP contribution in [-0.2, 0) is 9.59 Å². The summed E-state index contributed by atoms with van der Waals surface area (Å²) in [6.45, 7) is 0.411. The number of hydrogen-bond acceptors (Lipinski definition) is 3. The highest BCUT2D eigenvalue weighted by atomic mass is 16.2. The van der Waals surface area contributed by atoms with E-state index < -0.39 is 0 Å². The van der Waals surface area contributed by atoms with Crippen molar-refractivity contribution >= 4 is 11.8 Å². The van der Waals surface area contributed by atoms with Crippen molar-refractivity contribution in [3.05, 3.63) is 0 Å². The number of carbonyl (C=O) groups excluding carboxylic acids is 2. The van der Waals surface area contributed by atoms with Crippen LogP contribution in [0.4, 0.5) is 0 Å². The van der Waals surface area contributed by atoms with Gasteiger partial charge in [-0.05, 0) is 31.6 Å². The zero-order chi connectivity index (χ0) is 12.3. The average molecular weight is 239 g/mol. The number of carbonyl (C=O) groups is 2. The van der Waals surface area contributed by atoms with Crippen LogP contribution in [0.25, 0.3) is 0 Å². The van der Waals surface area contributed by atoms with E-state index in [1.54, 1.807) is 0 Å². The van der Waals surface area contributed by atoms with Crippen molar-refractivity contribution in [2.45, 2.75) is 50.6 Å². The topological polar surface area (TPSA) is 84.2 Å². The van der Waals surface area contributed by atoms with Crippen molar-refractivity contribution in [2.75, 3.05) is 6.54 Å². The smallest absolute Gasteiger partial charge is 0.221 e. The molecule has 2 saturated carbocycles. The normalized spacial score (nSPS) is 20.8. The highest BCUT2D eigenvalue weighted by Crippen LogP contribution is 2.32. The Hall–Kier alpha value is -1.10. The van der Waals surface area contributed by atoms with Crippen LogP contribution in [0.15, 0.2) is 0 Å². The van der Waals surface area contributed by atoms with E-state index in [0.717, 1.165) is 25.7 Å². The van der Waals surface area contributed by atoms with Crippen LogP contribution in [0.2, 0.25) is 0 Å². The lowest BCUT2D eigenvalue weighted by atomic mass is 10.1. The fourth-order valence-electron chi connectivity index (χ4n) is 1.82. The van der Waals surface area contributed by atoms with Crippen molar-refractivity contribution in [3.8, 4) is 0 Å². The zero-order valence-corrected chi connectivity index (χ0v) is 10.1. The highest BCUT2D eigenvalue weighted by molar-refractivity contribution is 5.79. The molecule has 1 atom stereocenters. The van der Waals surface area contributed by atoms with Gasteiger partial charge in [-0.15, -0.1) is 0 Å². The summed E-state index contributed by atoms with van der Waals surface area (Å²) >= 11 is 0. The molecule has 0 saturated heterocycles. The summed E-state index contributed by atoms with van der Waals surface area (Å²) in [7, 11) is 0. The minimum absolute atomic E-state index is 0.00436. The Bertz CT molecular complexity index is 298. The molecule has 5 nitrogen and oxygen atoms in total. The standard InChI is InChI=1S/C12H21N3O2/c13-10(8-1-2-8)7-12(17)14-6-5-11(16)15-9-3-4-9/h8-10H,1-7,13H2,(H,14,17)(H,15,16). The lowest BCUT2D eigenvalue weighted by Gasteiger charge is -2.10. The molecule has 2 aliphatic rings. The second kappa shape index (κ2) is 5.49. The molecule has 0 aromatic heterocycles. The molecule has 0 bridgehead atoms. The largest absolute Gasteiger partial charge is 0.356 e. The summed E-state index contributed by atoms with van der Waals surface area (Å²) in [5, 5.41) is 5.62. The van der Waals surface area contributed by atoms with Gasteiger partial charge in [-0.2, -0.15) is 0 Å². The summed E-state index contributed by atoms with van der Waals surface area (Å²) in [5.74, 6) is 0.529. The van der Waals surface area contributed by atoms with E-state index >= 15 is 0 Å². The molecule has 5 heteroatoms. The highest BCUT2D eigenvalue weighted by Gasteiger charge is 2.29. The number of nitrogens with one attached hydrogen (secondary N) is 2. The van der Waals surface area contributed by atoms with E-state index in [4.69, 9.17) is 5.73 Å². The fraction of sp³-hybridized carbons (Fsp3) is 0.833. The SMILES string of the molecule is NC(CC(=O)NCCC(=O)NC1CC1)C1CC1. The molecule has 0 aliphatic heterocycles. The van der Waals surface area contributed by atoms with Crippen LogP contribution in [-0.4, -0.2) is 30.4 Å². The van der Waals surface area contributed by atoms with Gasteiger partial charge in [-0.1, -0.05) is 0 Å². The van der Waals surface area contributed by atoms with Gasteiger partial charge in [0.2, 0.25) is 11.8 Å². The molecule has 4 N–H and O–H groups in total. The second-order valence-electron chi connectivity index (χ2n) is 5.15. The first kappa shape index (κ1) is 12.4. The first-order valence-electron chi connectivity index (χ1n) is 6.47. The third kappa shape index (κ3) is 4.73. The summed E-state index contributed by atoms with van der Waals surface area (Å²) in [6, 6.07) is 0.386. The van der Waals surface area contributed by atoms with Crippen LogP contribution < -0.4 is 16.4 Å². The summed E-state index contributed by atoms with van der Waals surface area (Å²) in [6.07, 6.45) is 5.23. The van der Waals surface area contributed by atoms with Gasteiger partial charge in [-0.25, -0.2) is 0 Å². The Morgan fingerprint density at radius 3 is 2.47 bits per heavy atom. The predicted molar refractivity (Wildman–Crippen MR) is 64.1 cm³/mol. The molecular formula is C12H21N3O2. The molecule has 0 aromatic carbocycles. The Morgan fingerprint density at radius 1 is 1.18 bits per heavy atom. The average Bonchev–Trinajstić information content (AvgIpc) is 3.12. The van der Waals surface area contributed by atoms with Gasteiger partial charge in [0.25, 0.3) is 0 Å². The minimum Gasteiger partial charge on any atom is -0.356 e. The van der Waals surface area contributed by atoms with Crippen molar-refractivity contribution in [1.82, 2.24) is 10.6 Å². The first-order chi connectivity index (χ1) is 8.15. The third-order valence-corrected chi connectivity index (χ3v) is 3.27. The lowest BCUT2D eigenvalue weighted by molar-refractivity contribution is -0.122. The lowest BCUT2D eigenvalue weighted by Crippen LogP contribution is -2.35. The molecule has 0 spiro atoms. The van der Waals surface area contributed by atoms with Crippen molar-refractivity contribution in [3.63, 3.8) is 0 Å². The predicted octanol–water partition coefficient (Wildman–Crippen LogP) is -0.101. The molecule has 2 rings (SSSR count). The maximum absolute atomic E-state index is 11.5. The molecule has 0 heterocycles. The van der Waals surface area contributed by atoms with Gasteiger partial charge in [0.05, 0.1) is 0 Å². The molecule has 2 aliphatic carbocycles. The van der Waals surface area contributed by atoms with Gasteiger partial charge in [0, 0.05) is 31.5 Å².